The number of benzene rings is 3. The molecule has 5 heterocycles. The summed E-state index contributed by atoms with van der Waals surface area (Å²) in [6, 6.07) is 15.8. The predicted molar refractivity (Wildman–Crippen MR) is 215 cm³/mol. The van der Waals surface area contributed by atoms with Crippen LogP contribution >= 0.6 is 11.9 Å². The molecule has 6 aromatic rings. The molecule has 11 nitrogen and oxygen atoms in total. The fourth-order valence-electron chi connectivity index (χ4n) is 7.05. The zero-order chi connectivity index (χ0) is 38.8. The van der Waals surface area contributed by atoms with Crippen LogP contribution in [0.15, 0.2) is 72.0 Å². The van der Waals surface area contributed by atoms with Gasteiger partial charge in [0.15, 0.2) is 18.2 Å². The number of unbranched alkanes of at least 4 members (excludes halogenated alkanes) is 1. The average molecular weight is 774 g/mol. The zero-order valence-electron chi connectivity index (χ0n) is 31.1. The van der Waals surface area contributed by atoms with E-state index in [1.54, 1.807) is 46.8 Å². The summed E-state index contributed by atoms with van der Waals surface area (Å²) in [6.45, 7) is 5.27. The molecule has 1 aliphatic carbocycles. The van der Waals surface area contributed by atoms with E-state index in [9.17, 15) is 9.18 Å². The summed E-state index contributed by atoms with van der Waals surface area (Å²) in [7, 11) is 0. The van der Waals surface area contributed by atoms with Gasteiger partial charge in [0, 0.05) is 70.8 Å². The summed E-state index contributed by atoms with van der Waals surface area (Å²) < 4.78 is 39.1. The van der Waals surface area contributed by atoms with Crippen molar-refractivity contribution in [3.63, 3.8) is 0 Å². The number of nitrogens with one attached hydrogen (secondary N) is 2. The number of ether oxygens (including phenoxy) is 1. The molecule has 1 saturated carbocycles. The smallest absolute Gasteiger partial charge is 0.319 e. The van der Waals surface area contributed by atoms with Gasteiger partial charge in [0.05, 0.1) is 10.9 Å². The molecule has 286 valence electrons. The second-order valence-electron chi connectivity index (χ2n) is 14.3. The van der Waals surface area contributed by atoms with Crippen LogP contribution in [0, 0.1) is 24.0 Å². The Balaban J connectivity index is 0.00000105. The summed E-state index contributed by atoms with van der Waals surface area (Å²) in [6.07, 6.45) is 15.9. The topological polar surface area (TPSA) is 123 Å². The highest BCUT2D eigenvalue weighted by atomic mass is 32.2. The van der Waals surface area contributed by atoms with E-state index in [4.69, 9.17) is 11.2 Å². The molecule has 14 heteroatoms. The molecule has 1 amide bonds. The van der Waals surface area contributed by atoms with E-state index in [0.29, 0.717) is 52.2 Å². The lowest BCUT2D eigenvalue weighted by Crippen LogP contribution is -2.51. The Labute approximate surface area is 327 Å². The first kappa shape index (κ1) is 37.3. The summed E-state index contributed by atoms with van der Waals surface area (Å²) >= 11 is 1.43. The van der Waals surface area contributed by atoms with Crippen molar-refractivity contribution in [3.05, 3.63) is 90.1 Å². The lowest BCUT2D eigenvalue weighted by atomic mass is 9.96. The molecule has 3 fully saturated rings. The molecule has 56 heavy (non-hydrogen) atoms. The Morgan fingerprint density at radius 3 is 2.48 bits per heavy atom. The number of nitrogens with zero attached hydrogens (tertiary/aromatic N) is 7. The number of aromatic nitrogens is 6. The van der Waals surface area contributed by atoms with Crippen molar-refractivity contribution in [2.24, 2.45) is 0 Å². The van der Waals surface area contributed by atoms with Gasteiger partial charge in [0.25, 0.3) is 5.91 Å². The first-order chi connectivity index (χ1) is 27.3. The predicted octanol–water partition coefficient (Wildman–Crippen LogP) is 7.89. The highest BCUT2D eigenvalue weighted by molar-refractivity contribution is 7.97. The van der Waals surface area contributed by atoms with Crippen LogP contribution in [0.2, 0.25) is 0 Å². The molecular formula is C42H41F2N9O2S. The van der Waals surface area contributed by atoms with Crippen LogP contribution in [0.4, 0.5) is 20.3 Å². The van der Waals surface area contributed by atoms with Crippen molar-refractivity contribution in [2.75, 3.05) is 29.9 Å². The first-order valence-corrected chi connectivity index (χ1v) is 19.8. The number of carbonyl (C=O) groups excluding carboxylic acids is 1. The maximum atomic E-state index is 16.7. The number of terminal acetylenes is 1. The van der Waals surface area contributed by atoms with Gasteiger partial charge < -0.3 is 20.3 Å². The number of halogens is 2. The molecule has 9 rings (SSSR count). The molecule has 2 atom stereocenters. The number of hydrogen-bond acceptors (Lipinski definition) is 10. The number of anilines is 2. The molecule has 0 radical (unpaired) electrons. The number of amides is 1. The van der Waals surface area contributed by atoms with Crippen molar-refractivity contribution in [1.29, 1.82) is 0 Å². The molecule has 2 unspecified atom stereocenters. The SMILES string of the molecule is C#Cc1c(F)ccc2cccc(-c3ncc4c(N5CC6CCC(C5)N6)nc(OCC(=O)Nc5ccc(Sn6cnc(C7CC7)n6)cc5)nc4c3F)c12.CCCC. The summed E-state index contributed by atoms with van der Waals surface area (Å²) in [5.74, 6) is 2.48. The lowest BCUT2D eigenvalue weighted by molar-refractivity contribution is -0.118. The molecular weight excluding hydrogens is 733 g/mol. The Kier molecular flexibility index (Phi) is 10.8. The number of fused-ring (bicyclic) bond motifs is 4. The Morgan fingerprint density at radius 2 is 1.77 bits per heavy atom. The standard InChI is InChI=1S/C38H31F2N9O2S.C4H10/c1-2-27-30(39)15-8-21-4-3-5-28(32(21)27)34-33(40)35-29(16-41-34)37(48-17-24-9-10-25(18-48)43-24)46-38(45-35)51-19-31(50)44-23-11-13-26(14-12-23)52-49-20-42-36(47-49)22-6-7-22;1-3-4-2/h1,3-5,8,11-16,20,22,24-25,43H,6-7,9-10,17-19H2,(H,44,50);3-4H2,1-2H3. The highest BCUT2D eigenvalue weighted by Crippen LogP contribution is 2.39. The number of hydrogen-bond donors (Lipinski definition) is 2. The third-order valence-corrected chi connectivity index (χ3v) is 11.0. The largest absolute Gasteiger partial charge is 0.453 e. The maximum Gasteiger partial charge on any atom is 0.319 e. The van der Waals surface area contributed by atoms with Gasteiger partial charge in [0.2, 0.25) is 0 Å². The summed E-state index contributed by atoms with van der Waals surface area (Å²) in [5, 5.41) is 12.4. The Bertz CT molecular complexity index is 2430. The van der Waals surface area contributed by atoms with Gasteiger partial charge >= 0.3 is 6.01 Å². The van der Waals surface area contributed by atoms with Gasteiger partial charge in [0.1, 0.15) is 29.2 Å². The van der Waals surface area contributed by atoms with Crippen LogP contribution in [0.3, 0.4) is 0 Å². The number of carbonyl (C=O) groups is 1. The molecule has 0 spiro atoms. The molecule has 2 N–H and O–H groups in total. The van der Waals surface area contributed by atoms with E-state index in [1.165, 1.54) is 37.1 Å². The van der Waals surface area contributed by atoms with Gasteiger partial charge in [-0.3, -0.25) is 9.78 Å². The Morgan fingerprint density at radius 1 is 1.00 bits per heavy atom. The van der Waals surface area contributed by atoms with E-state index in [-0.39, 0.29) is 34.9 Å². The molecule has 3 aromatic heterocycles. The quantitative estimate of drug-likeness (QED) is 0.133. The van der Waals surface area contributed by atoms with E-state index < -0.39 is 24.1 Å². The molecule has 2 aliphatic heterocycles. The average Bonchev–Trinajstić information content (AvgIpc) is 3.88. The third kappa shape index (κ3) is 7.87. The zero-order valence-corrected chi connectivity index (χ0v) is 32.0. The van der Waals surface area contributed by atoms with Crippen molar-refractivity contribution in [2.45, 2.75) is 75.3 Å². The van der Waals surface area contributed by atoms with E-state index in [0.717, 1.165) is 36.4 Å². The summed E-state index contributed by atoms with van der Waals surface area (Å²) in [5.41, 5.74) is 0.862. The molecule has 3 aromatic carbocycles. The molecule has 2 saturated heterocycles. The van der Waals surface area contributed by atoms with Crippen LogP contribution < -0.4 is 20.3 Å². The minimum absolute atomic E-state index is 0.0233. The Hall–Kier alpha value is -5.65. The minimum Gasteiger partial charge on any atom is -0.453 e. The third-order valence-electron chi connectivity index (χ3n) is 10.2. The number of piperazine rings is 1. The number of pyridine rings is 1. The monoisotopic (exact) mass is 773 g/mol. The van der Waals surface area contributed by atoms with Crippen molar-refractivity contribution in [1.82, 2.24) is 34.4 Å². The fourth-order valence-corrected chi connectivity index (χ4v) is 7.74. The van der Waals surface area contributed by atoms with Crippen LogP contribution in [0.25, 0.3) is 32.9 Å². The fraction of sp³-hybridized carbons (Fsp3) is 0.333. The number of rotatable bonds is 10. The van der Waals surface area contributed by atoms with Crippen LogP contribution in [0.5, 0.6) is 6.01 Å². The lowest BCUT2D eigenvalue weighted by Gasteiger charge is -2.34. The second kappa shape index (κ2) is 16.2. The van der Waals surface area contributed by atoms with E-state index in [2.05, 4.69) is 60.3 Å². The second-order valence-corrected chi connectivity index (χ2v) is 15.3. The van der Waals surface area contributed by atoms with Crippen molar-refractivity contribution < 1.29 is 18.3 Å². The van der Waals surface area contributed by atoms with Gasteiger partial charge in [-0.1, -0.05) is 56.9 Å². The van der Waals surface area contributed by atoms with E-state index >= 15 is 4.39 Å². The van der Waals surface area contributed by atoms with Gasteiger partial charge in [-0.15, -0.1) is 11.5 Å². The van der Waals surface area contributed by atoms with Gasteiger partial charge in [-0.05, 0) is 61.4 Å². The van der Waals surface area contributed by atoms with Crippen molar-refractivity contribution in [3.8, 4) is 29.6 Å². The minimum atomic E-state index is -0.735. The maximum absolute atomic E-state index is 16.7. The van der Waals surface area contributed by atoms with Crippen LogP contribution in [-0.2, 0) is 4.79 Å². The molecule has 2 bridgehead atoms. The van der Waals surface area contributed by atoms with Gasteiger partial charge in [-0.25, -0.2) is 13.8 Å². The first-order valence-electron chi connectivity index (χ1n) is 19.0. The van der Waals surface area contributed by atoms with Gasteiger partial charge in [-0.2, -0.15) is 14.1 Å². The van der Waals surface area contributed by atoms with Crippen LogP contribution in [-0.4, -0.2) is 66.8 Å². The highest BCUT2D eigenvalue weighted by Gasteiger charge is 2.34. The van der Waals surface area contributed by atoms with E-state index in [1.807, 2.05) is 12.1 Å². The van der Waals surface area contributed by atoms with Crippen LogP contribution in [0.1, 0.15) is 69.7 Å². The van der Waals surface area contributed by atoms with Crippen molar-refractivity contribution >= 4 is 51.0 Å². The summed E-state index contributed by atoms with van der Waals surface area (Å²) in [4.78, 5) is 34.1. The normalized spacial score (nSPS) is 17.4. The molecule has 3 aliphatic rings.